The number of fused-ring (bicyclic) bond motifs is 1. The number of benzene rings is 1. The van der Waals surface area contributed by atoms with Crippen molar-refractivity contribution in [1.82, 2.24) is 0 Å². The first-order valence-corrected chi connectivity index (χ1v) is 12.2. The molecule has 0 aromatic heterocycles. The molecule has 5 heteroatoms. The lowest BCUT2D eigenvalue weighted by molar-refractivity contribution is 0.217. The number of aliphatic imine (C=N–C) groups is 1. The van der Waals surface area contributed by atoms with Gasteiger partial charge in [0.05, 0.1) is 0 Å². The number of ether oxygens (including phenoxy) is 1. The normalized spacial score (nSPS) is 27.0. The molecule has 0 saturated heterocycles. The van der Waals surface area contributed by atoms with Crippen molar-refractivity contribution >= 4 is 14.1 Å². The molecule has 0 spiro atoms. The van der Waals surface area contributed by atoms with Gasteiger partial charge in [-0.3, -0.25) is 0 Å². The SMILES string of the molecule is CC(C)[Si](C#C[C@]1(c2ccccc2F)N=C(N)O[C@@H]2C[C@@H]21)(C(C)C)C(C)C. The van der Waals surface area contributed by atoms with Gasteiger partial charge in [0.15, 0.2) is 5.54 Å². The second-order valence-corrected chi connectivity index (χ2v) is 14.4. The van der Waals surface area contributed by atoms with Crippen LogP contribution in [0.2, 0.25) is 16.6 Å². The van der Waals surface area contributed by atoms with Gasteiger partial charge >= 0.3 is 0 Å². The minimum Gasteiger partial charge on any atom is -0.462 e. The summed E-state index contributed by atoms with van der Waals surface area (Å²) in [6, 6.07) is 6.95. The molecule has 1 aliphatic heterocycles. The molecule has 0 bridgehead atoms. The average Bonchev–Trinajstić information content (AvgIpc) is 3.34. The Hall–Kier alpha value is -1.80. The third kappa shape index (κ3) is 3.18. The second-order valence-electron chi connectivity index (χ2n) is 8.84. The van der Waals surface area contributed by atoms with Gasteiger partial charge in [-0.25, -0.2) is 9.38 Å². The molecule has 3 nitrogen and oxygen atoms in total. The lowest BCUT2D eigenvalue weighted by Crippen LogP contribution is -2.44. The summed E-state index contributed by atoms with van der Waals surface area (Å²) >= 11 is 0. The molecular formula is C22H31FN2OSi. The number of hydrogen-bond donors (Lipinski definition) is 1. The van der Waals surface area contributed by atoms with E-state index in [1.165, 1.54) is 6.07 Å². The fourth-order valence-electron chi connectivity index (χ4n) is 5.03. The average molecular weight is 387 g/mol. The van der Waals surface area contributed by atoms with E-state index in [2.05, 4.69) is 58.0 Å². The highest BCUT2D eigenvalue weighted by Gasteiger charge is 2.59. The summed E-state index contributed by atoms with van der Waals surface area (Å²) in [6.07, 6.45) is 0.803. The molecule has 1 heterocycles. The molecule has 3 rings (SSSR count). The van der Waals surface area contributed by atoms with Crippen molar-refractivity contribution in [3.8, 4) is 11.5 Å². The Kier molecular flexibility index (Phi) is 5.15. The standard InChI is InChI=1S/C22H31FN2OSi/c1-14(2)27(15(3)4,16(5)6)12-11-22(17-9-7-8-10-19(17)23)18-13-20(18)26-21(24)25-22/h7-10,14-16,18,20H,13H2,1-6H3,(H2,24,25)/t18-,20+,22+/m0/s1. The zero-order valence-electron chi connectivity index (χ0n) is 17.2. The van der Waals surface area contributed by atoms with Gasteiger partial charge in [-0.15, -0.1) is 5.54 Å². The van der Waals surface area contributed by atoms with E-state index < -0.39 is 13.6 Å². The summed E-state index contributed by atoms with van der Waals surface area (Å²) in [5.41, 5.74) is 10.8. The van der Waals surface area contributed by atoms with Gasteiger partial charge in [0.2, 0.25) is 0 Å². The van der Waals surface area contributed by atoms with Crippen molar-refractivity contribution in [1.29, 1.82) is 0 Å². The maximum atomic E-state index is 14.8. The van der Waals surface area contributed by atoms with E-state index in [1.54, 1.807) is 12.1 Å². The highest BCUT2D eigenvalue weighted by atomic mass is 28.3. The van der Waals surface area contributed by atoms with Crippen molar-refractivity contribution in [2.24, 2.45) is 16.6 Å². The lowest BCUT2D eigenvalue weighted by atomic mass is 9.85. The molecule has 0 radical (unpaired) electrons. The smallest absolute Gasteiger partial charge is 0.284 e. The molecule has 1 aliphatic carbocycles. The molecular weight excluding hydrogens is 355 g/mol. The molecule has 2 N–H and O–H groups in total. The Morgan fingerprint density at radius 1 is 1.15 bits per heavy atom. The number of nitrogens with zero attached hydrogens (tertiary/aromatic N) is 1. The van der Waals surface area contributed by atoms with Crippen molar-refractivity contribution in [2.45, 2.75) is 76.2 Å². The molecule has 1 fully saturated rings. The van der Waals surface area contributed by atoms with E-state index in [9.17, 15) is 4.39 Å². The lowest BCUT2D eigenvalue weighted by Gasteiger charge is -2.39. The van der Waals surface area contributed by atoms with Gasteiger partial charge < -0.3 is 10.5 Å². The van der Waals surface area contributed by atoms with Gasteiger partial charge in [-0.2, -0.15) is 0 Å². The van der Waals surface area contributed by atoms with E-state index in [4.69, 9.17) is 10.5 Å². The van der Waals surface area contributed by atoms with Crippen molar-refractivity contribution < 1.29 is 9.13 Å². The van der Waals surface area contributed by atoms with Gasteiger partial charge in [0.25, 0.3) is 6.02 Å². The Balaban J connectivity index is 2.22. The summed E-state index contributed by atoms with van der Waals surface area (Å²) in [6.45, 7) is 13.7. The van der Waals surface area contributed by atoms with Crippen molar-refractivity contribution in [2.75, 3.05) is 0 Å². The minimum atomic E-state index is -1.98. The molecule has 0 unspecified atom stereocenters. The molecule has 1 aromatic rings. The maximum absolute atomic E-state index is 14.8. The zero-order valence-corrected chi connectivity index (χ0v) is 18.2. The van der Waals surface area contributed by atoms with Crippen LogP contribution in [0.1, 0.15) is 53.5 Å². The van der Waals surface area contributed by atoms with Gasteiger partial charge in [0.1, 0.15) is 20.0 Å². The van der Waals surface area contributed by atoms with E-state index in [0.717, 1.165) is 6.42 Å². The van der Waals surface area contributed by atoms with Crippen LogP contribution in [-0.4, -0.2) is 20.2 Å². The molecule has 2 aliphatic rings. The summed E-state index contributed by atoms with van der Waals surface area (Å²) < 4.78 is 20.4. The molecule has 27 heavy (non-hydrogen) atoms. The highest BCUT2D eigenvalue weighted by Crippen LogP contribution is 2.53. The molecule has 0 amide bonds. The molecule has 146 valence electrons. The summed E-state index contributed by atoms with van der Waals surface area (Å²) in [7, 11) is -1.98. The van der Waals surface area contributed by atoms with Crippen LogP contribution in [0.15, 0.2) is 29.3 Å². The Morgan fingerprint density at radius 3 is 2.30 bits per heavy atom. The quantitative estimate of drug-likeness (QED) is 0.586. The van der Waals surface area contributed by atoms with Crippen LogP contribution in [0.3, 0.4) is 0 Å². The topological polar surface area (TPSA) is 47.6 Å². The largest absolute Gasteiger partial charge is 0.462 e. The maximum Gasteiger partial charge on any atom is 0.284 e. The predicted molar refractivity (Wildman–Crippen MR) is 112 cm³/mol. The Labute approximate surface area is 163 Å². The monoisotopic (exact) mass is 386 g/mol. The first kappa shape index (κ1) is 19.9. The van der Waals surface area contributed by atoms with Gasteiger partial charge in [0, 0.05) is 11.5 Å². The summed E-state index contributed by atoms with van der Waals surface area (Å²) in [5.74, 6) is 3.31. The van der Waals surface area contributed by atoms with Crippen LogP contribution in [0.25, 0.3) is 0 Å². The van der Waals surface area contributed by atoms with E-state index >= 15 is 0 Å². The minimum absolute atomic E-state index is 0.00961. The molecule has 3 atom stereocenters. The molecule has 1 saturated carbocycles. The zero-order chi connectivity index (χ0) is 20.0. The van der Waals surface area contributed by atoms with Crippen LogP contribution in [-0.2, 0) is 10.3 Å². The van der Waals surface area contributed by atoms with Crippen LogP contribution in [0.5, 0.6) is 0 Å². The highest BCUT2D eigenvalue weighted by molar-refractivity contribution is 6.90. The van der Waals surface area contributed by atoms with Crippen LogP contribution < -0.4 is 5.73 Å². The number of amidine groups is 1. The number of rotatable bonds is 4. The first-order chi connectivity index (χ1) is 12.6. The first-order valence-electron chi connectivity index (χ1n) is 9.96. The van der Waals surface area contributed by atoms with E-state index in [1.807, 2.05) is 6.07 Å². The van der Waals surface area contributed by atoms with Crippen molar-refractivity contribution in [3.05, 3.63) is 35.6 Å². The number of halogens is 1. The Bertz CT molecular complexity index is 786. The van der Waals surface area contributed by atoms with Gasteiger partial charge in [-0.1, -0.05) is 65.7 Å². The van der Waals surface area contributed by atoms with Crippen molar-refractivity contribution in [3.63, 3.8) is 0 Å². The van der Waals surface area contributed by atoms with Crippen LogP contribution in [0, 0.1) is 23.2 Å². The second kappa shape index (κ2) is 6.98. The van der Waals surface area contributed by atoms with E-state index in [0.29, 0.717) is 22.2 Å². The van der Waals surface area contributed by atoms with Gasteiger partial charge in [-0.05, 0) is 29.1 Å². The number of hydrogen-bond acceptors (Lipinski definition) is 3. The fraction of sp³-hybridized carbons (Fsp3) is 0.591. The predicted octanol–water partition coefficient (Wildman–Crippen LogP) is 4.98. The van der Waals surface area contributed by atoms with Crippen LogP contribution >= 0.6 is 0 Å². The summed E-state index contributed by atoms with van der Waals surface area (Å²) in [5, 5.41) is 0. The third-order valence-electron chi connectivity index (χ3n) is 6.45. The summed E-state index contributed by atoms with van der Waals surface area (Å²) in [4.78, 5) is 4.63. The van der Waals surface area contributed by atoms with E-state index in [-0.39, 0.29) is 23.9 Å². The van der Waals surface area contributed by atoms with Crippen LogP contribution in [0.4, 0.5) is 4.39 Å². The molecule has 1 aromatic carbocycles. The third-order valence-corrected chi connectivity index (χ3v) is 12.7. The number of nitrogens with two attached hydrogens (primary N) is 1. The fourth-order valence-corrected chi connectivity index (χ4v) is 10.3. The Morgan fingerprint density at radius 2 is 1.74 bits per heavy atom.